The number of fused-ring (bicyclic) bond motifs is 2. The molecule has 2 amide bonds. The first-order valence-electron chi connectivity index (χ1n) is 8.06. The number of rotatable bonds is 4. The van der Waals surface area contributed by atoms with Gasteiger partial charge >= 0.3 is 5.97 Å². The number of ether oxygens (including phenoxy) is 1. The number of amides is 2. The molecule has 1 aliphatic rings. The van der Waals surface area contributed by atoms with Crippen LogP contribution >= 0.6 is 11.3 Å². The van der Waals surface area contributed by atoms with Crippen LogP contribution in [0.15, 0.2) is 46.7 Å². The molecule has 0 bridgehead atoms. The largest absolute Gasteiger partial charge is 0.458 e. The van der Waals surface area contributed by atoms with Crippen molar-refractivity contribution >= 4 is 34.1 Å². The number of esters is 1. The molecule has 0 unspecified atom stereocenters. The molecule has 136 valence electrons. The van der Waals surface area contributed by atoms with Gasteiger partial charge in [-0.15, -0.1) is 11.3 Å². The van der Waals surface area contributed by atoms with Crippen LogP contribution in [0.25, 0.3) is 4.96 Å². The third-order valence-corrected chi connectivity index (χ3v) is 5.03. The average Bonchev–Trinajstić information content (AvgIpc) is 3.23. The van der Waals surface area contributed by atoms with Crippen molar-refractivity contribution in [3.63, 3.8) is 0 Å². The number of aromatic nitrogens is 2. The Bertz CT molecular complexity index is 1110. The second kappa shape index (κ2) is 6.44. The Labute approximate surface area is 156 Å². The molecule has 0 fully saturated rings. The van der Waals surface area contributed by atoms with Gasteiger partial charge in [0, 0.05) is 17.6 Å². The highest BCUT2D eigenvalue weighted by Crippen LogP contribution is 2.24. The van der Waals surface area contributed by atoms with E-state index in [4.69, 9.17) is 4.74 Å². The van der Waals surface area contributed by atoms with Gasteiger partial charge in [-0.25, -0.2) is 9.78 Å². The zero-order valence-electron chi connectivity index (χ0n) is 14.1. The Hall–Kier alpha value is -3.33. The summed E-state index contributed by atoms with van der Waals surface area (Å²) in [6, 6.07) is 6.58. The predicted molar refractivity (Wildman–Crippen MR) is 95.5 cm³/mol. The van der Waals surface area contributed by atoms with E-state index in [0.29, 0.717) is 10.7 Å². The van der Waals surface area contributed by atoms with Gasteiger partial charge in [-0.05, 0) is 19.1 Å². The Kier molecular flexibility index (Phi) is 4.08. The predicted octanol–water partition coefficient (Wildman–Crippen LogP) is 1.48. The molecule has 0 N–H and O–H groups in total. The highest BCUT2D eigenvalue weighted by molar-refractivity contribution is 7.15. The Morgan fingerprint density at radius 2 is 1.85 bits per heavy atom. The van der Waals surface area contributed by atoms with Crippen molar-refractivity contribution in [2.24, 2.45) is 0 Å². The number of carbonyl (C=O) groups excluding carboxylic acids is 3. The second-order valence-corrected chi connectivity index (χ2v) is 6.82. The van der Waals surface area contributed by atoms with E-state index in [9.17, 15) is 19.2 Å². The summed E-state index contributed by atoms with van der Waals surface area (Å²) in [6.45, 7) is 1.20. The maximum Gasteiger partial charge on any atom is 0.329 e. The maximum absolute atomic E-state index is 12.4. The summed E-state index contributed by atoms with van der Waals surface area (Å²) >= 11 is 1.28. The van der Waals surface area contributed by atoms with Gasteiger partial charge in [0.15, 0.2) is 4.96 Å². The van der Waals surface area contributed by atoms with Gasteiger partial charge in [-0.1, -0.05) is 12.1 Å². The van der Waals surface area contributed by atoms with E-state index in [1.807, 2.05) is 0 Å². The van der Waals surface area contributed by atoms with Gasteiger partial charge in [0.05, 0.1) is 16.8 Å². The van der Waals surface area contributed by atoms with Crippen molar-refractivity contribution in [3.8, 4) is 0 Å². The molecule has 1 atom stereocenters. The SMILES string of the molecule is C[C@H](C(=O)OCc1cc(=O)n2ccsc2n1)N1C(=O)c2ccccc2C1=O. The molecule has 0 saturated heterocycles. The average molecular weight is 383 g/mol. The van der Waals surface area contributed by atoms with Crippen LogP contribution in [0.4, 0.5) is 0 Å². The lowest BCUT2D eigenvalue weighted by Gasteiger charge is -2.20. The molecular weight excluding hydrogens is 370 g/mol. The maximum atomic E-state index is 12.4. The number of hydrogen-bond acceptors (Lipinski definition) is 7. The lowest BCUT2D eigenvalue weighted by Crippen LogP contribution is -2.43. The van der Waals surface area contributed by atoms with Crippen molar-refractivity contribution in [1.82, 2.24) is 14.3 Å². The smallest absolute Gasteiger partial charge is 0.329 e. The van der Waals surface area contributed by atoms with Crippen LogP contribution in [0.3, 0.4) is 0 Å². The fourth-order valence-electron chi connectivity index (χ4n) is 2.89. The third kappa shape index (κ3) is 2.81. The highest BCUT2D eigenvalue weighted by Gasteiger charge is 2.41. The molecule has 8 nitrogen and oxygen atoms in total. The minimum Gasteiger partial charge on any atom is -0.458 e. The summed E-state index contributed by atoms with van der Waals surface area (Å²) in [4.78, 5) is 54.8. The van der Waals surface area contributed by atoms with E-state index in [1.165, 1.54) is 28.7 Å². The highest BCUT2D eigenvalue weighted by atomic mass is 32.1. The van der Waals surface area contributed by atoms with Crippen LogP contribution in [0.2, 0.25) is 0 Å². The van der Waals surface area contributed by atoms with Crippen molar-refractivity contribution in [3.05, 3.63) is 69.1 Å². The van der Waals surface area contributed by atoms with Crippen molar-refractivity contribution in [2.75, 3.05) is 0 Å². The normalized spacial score (nSPS) is 14.5. The lowest BCUT2D eigenvalue weighted by atomic mass is 10.1. The number of hydrogen-bond donors (Lipinski definition) is 0. The first kappa shape index (κ1) is 17.1. The van der Waals surface area contributed by atoms with Crippen LogP contribution in [-0.2, 0) is 16.1 Å². The molecule has 0 aliphatic carbocycles. The molecule has 9 heteroatoms. The Morgan fingerprint density at radius 1 is 1.19 bits per heavy atom. The van der Waals surface area contributed by atoms with Crippen molar-refractivity contribution < 1.29 is 19.1 Å². The van der Waals surface area contributed by atoms with Gasteiger partial charge in [0.2, 0.25) is 0 Å². The van der Waals surface area contributed by atoms with E-state index in [0.717, 1.165) is 4.90 Å². The summed E-state index contributed by atoms with van der Waals surface area (Å²) in [5.74, 6) is -1.81. The van der Waals surface area contributed by atoms with E-state index in [-0.39, 0.29) is 23.3 Å². The monoisotopic (exact) mass is 383 g/mol. The van der Waals surface area contributed by atoms with Gasteiger partial charge < -0.3 is 4.74 Å². The summed E-state index contributed by atoms with van der Waals surface area (Å²) in [5.41, 5.74) is 0.547. The fourth-order valence-corrected chi connectivity index (χ4v) is 3.63. The molecule has 27 heavy (non-hydrogen) atoms. The van der Waals surface area contributed by atoms with Gasteiger partial charge in [0.25, 0.3) is 17.4 Å². The van der Waals surface area contributed by atoms with E-state index in [1.54, 1.807) is 35.8 Å². The molecule has 1 aliphatic heterocycles. The number of thiazole rings is 1. The number of carbonyl (C=O) groups is 3. The molecule has 0 saturated carbocycles. The molecule has 2 aromatic heterocycles. The van der Waals surface area contributed by atoms with Gasteiger partial charge in [-0.2, -0.15) is 0 Å². The molecular formula is C18H13N3O5S. The fraction of sp³-hybridized carbons (Fsp3) is 0.167. The molecule has 1 aromatic carbocycles. The zero-order valence-corrected chi connectivity index (χ0v) is 14.9. The Morgan fingerprint density at radius 3 is 2.52 bits per heavy atom. The van der Waals surface area contributed by atoms with E-state index < -0.39 is 23.8 Å². The summed E-state index contributed by atoms with van der Waals surface area (Å²) in [5, 5.41) is 1.73. The van der Waals surface area contributed by atoms with Crippen LogP contribution in [-0.4, -0.2) is 38.1 Å². The van der Waals surface area contributed by atoms with Crippen LogP contribution in [0.5, 0.6) is 0 Å². The minimum absolute atomic E-state index is 0.226. The molecule has 0 radical (unpaired) electrons. The van der Waals surface area contributed by atoms with Crippen LogP contribution < -0.4 is 5.56 Å². The first-order valence-corrected chi connectivity index (χ1v) is 8.94. The van der Waals surface area contributed by atoms with Gasteiger partial charge in [0.1, 0.15) is 12.6 Å². The molecule has 0 spiro atoms. The van der Waals surface area contributed by atoms with Crippen LogP contribution in [0, 0.1) is 0 Å². The van der Waals surface area contributed by atoms with Crippen molar-refractivity contribution in [1.29, 1.82) is 0 Å². The second-order valence-electron chi connectivity index (χ2n) is 5.95. The number of nitrogens with zero attached hydrogens (tertiary/aromatic N) is 3. The van der Waals surface area contributed by atoms with E-state index in [2.05, 4.69) is 4.98 Å². The quantitative estimate of drug-likeness (QED) is 0.500. The minimum atomic E-state index is -1.09. The Balaban J connectivity index is 1.49. The van der Waals surface area contributed by atoms with Crippen molar-refractivity contribution in [2.45, 2.75) is 19.6 Å². The number of imide groups is 1. The molecule has 4 rings (SSSR count). The third-order valence-electron chi connectivity index (χ3n) is 4.27. The number of benzene rings is 1. The van der Waals surface area contributed by atoms with Crippen LogP contribution in [0.1, 0.15) is 33.3 Å². The topological polar surface area (TPSA) is 98.1 Å². The van der Waals surface area contributed by atoms with E-state index >= 15 is 0 Å². The zero-order chi connectivity index (χ0) is 19.1. The molecule has 3 aromatic rings. The summed E-state index contributed by atoms with van der Waals surface area (Å²) < 4.78 is 6.57. The standard InChI is InChI=1S/C18H13N3O5S/c1-10(21-15(23)12-4-2-3-5-13(12)16(21)24)17(25)26-9-11-8-14(22)20-6-7-27-18(20)19-11/h2-8,10H,9H2,1H3/t10-/m1/s1. The lowest BCUT2D eigenvalue weighted by molar-refractivity contribution is -0.149. The van der Waals surface area contributed by atoms with Gasteiger partial charge in [-0.3, -0.25) is 23.7 Å². The first-order chi connectivity index (χ1) is 13.0. The molecule has 3 heterocycles. The summed E-state index contributed by atoms with van der Waals surface area (Å²) in [6.07, 6.45) is 1.61. The summed E-state index contributed by atoms with van der Waals surface area (Å²) in [7, 11) is 0.